The monoisotopic (exact) mass is 498 g/mol. The molecule has 0 aliphatic rings. The summed E-state index contributed by atoms with van der Waals surface area (Å²) in [6.07, 6.45) is 0.736. The highest BCUT2D eigenvalue weighted by Gasteiger charge is 2.26. The fraction of sp³-hybridized carbons (Fsp3) is 0.296. The average molecular weight is 499 g/mol. The third-order valence-corrected chi connectivity index (χ3v) is 7.69. The number of aliphatic hydroxyl groups is 2. The first kappa shape index (κ1) is 24.6. The van der Waals surface area contributed by atoms with E-state index in [1.165, 1.54) is 16.9 Å². The van der Waals surface area contributed by atoms with Crippen LogP contribution < -0.4 is 10.2 Å². The first-order valence-electron chi connectivity index (χ1n) is 11.4. The second kappa shape index (κ2) is 11.3. The summed E-state index contributed by atoms with van der Waals surface area (Å²) in [6, 6.07) is 21.2. The highest BCUT2D eigenvalue weighted by atomic mass is 35.5. The van der Waals surface area contributed by atoms with Crippen LogP contribution in [0.4, 0.5) is 0 Å². The van der Waals surface area contributed by atoms with Gasteiger partial charge in [-0.3, -0.25) is 4.79 Å². The predicted octanol–water partition coefficient (Wildman–Crippen LogP) is 4.84. The van der Waals surface area contributed by atoms with Gasteiger partial charge in [-0.15, -0.1) is 11.3 Å². The van der Waals surface area contributed by atoms with E-state index in [2.05, 4.69) is 12.1 Å². The Kier molecular flexibility index (Phi) is 8.19. The lowest BCUT2D eigenvalue weighted by molar-refractivity contribution is -0.941. The first-order valence-corrected chi connectivity index (χ1v) is 12.6. The third-order valence-electron chi connectivity index (χ3n) is 6.19. The molecular formula is C27H29ClNO4S+. The lowest BCUT2D eigenvalue weighted by atomic mass is 10.1. The van der Waals surface area contributed by atoms with Crippen LogP contribution in [0, 0.1) is 0 Å². The first-order chi connectivity index (χ1) is 16.6. The zero-order valence-electron chi connectivity index (χ0n) is 19.0. The van der Waals surface area contributed by atoms with Gasteiger partial charge in [-0.2, -0.15) is 0 Å². The molecule has 0 aliphatic carbocycles. The molecule has 34 heavy (non-hydrogen) atoms. The van der Waals surface area contributed by atoms with Gasteiger partial charge in [-0.1, -0.05) is 54.1 Å². The molecule has 0 atom stereocenters. The molecule has 178 valence electrons. The van der Waals surface area contributed by atoms with Crippen molar-refractivity contribution in [2.75, 3.05) is 39.5 Å². The lowest BCUT2D eigenvalue weighted by Gasteiger charge is -2.38. The number of hydrogen-bond acceptors (Lipinski definition) is 5. The molecule has 0 unspecified atom stereocenters. The second-order valence-corrected chi connectivity index (χ2v) is 9.94. The van der Waals surface area contributed by atoms with Crippen molar-refractivity contribution in [3.05, 3.63) is 87.5 Å². The molecule has 0 saturated carbocycles. The van der Waals surface area contributed by atoms with Gasteiger partial charge in [-0.25, -0.2) is 0 Å². The average Bonchev–Trinajstić information content (AvgIpc) is 2.84. The fourth-order valence-electron chi connectivity index (χ4n) is 4.50. The van der Waals surface area contributed by atoms with Gasteiger partial charge in [0.05, 0.1) is 41.5 Å². The molecule has 2 N–H and O–H groups in total. The number of benzene rings is 3. The highest BCUT2D eigenvalue weighted by molar-refractivity contribution is 7.25. The van der Waals surface area contributed by atoms with Gasteiger partial charge in [-0.05, 0) is 24.3 Å². The van der Waals surface area contributed by atoms with Crippen LogP contribution in [0.2, 0.25) is 5.02 Å². The van der Waals surface area contributed by atoms with Crippen LogP contribution in [0.5, 0.6) is 5.75 Å². The minimum atomic E-state index is -0.0794. The molecule has 1 heterocycles. The molecule has 5 nitrogen and oxygen atoms in total. The lowest BCUT2D eigenvalue weighted by Crippen LogP contribution is -2.51. The maximum atomic E-state index is 13.1. The summed E-state index contributed by atoms with van der Waals surface area (Å²) in [7, 11) is 0. The van der Waals surface area contributed by atoms with Gasteiger partial charge in [0.1, 0.15) is 25.4 Å². The van der Waals surface area contributed by atoms with Gasteiger partial charge < -0.3 is 19.4 Å². The van der Waals surface area contributed by atoms with Gasteiger partial charge >= 0.3 is 0 Å². The minimum Gasteiger partial charge on any atom is -0.492 e. The summed E-state index contributed by atoms with van der Waals surface area (Å²) in [5.41, 5.74) is 1.09. The van der Waals surface area contributed by atoms with Gasteiger partial charge in [0.25, 0.3) is 0 Å². The number of aliphatic hydroxyl groups excluding tert-OH is 2. The van der Waals surface area contributed by atoms with E-state index < -0.39 is 0 Å². The smallest absolute Gasteiger partial charge is 0.197 e. The van der Waals surface area contributed by atoms with Crippen LogP contribution >= 0.6 is 22.9 Å². The molecular weight excluding hydrogens is 470 g/mol. The number of rotatable bonds is 11. The summed E-state index contributed by atoms with van der Waals surface area (Å²) >= 11 is 7.91. The van der Waals surface area contributed by atoms with Gasteiger partial charge in [0.2, 0.25) is 0 Å². The molecule has 0 bridgehead atoms. The van der Waals surface area contributed by atoms with E-state index in [0.29, 0.717) is 45.7 Å². The summed E-state index contributed by atoms with van der Waals surface area (Å²) in [4.78, 5) is 13.1. The van der Waals surface area contributed by atoms with E-state index >= 15 is 0 Å². The number of halogens is 1. The molecule has 0 aliphatic heterocycles. The third kappa shape index (κ3) is 5.43. The maximum Gasteiger partial charge on any atom is 0.197 e. The molecule has 3 aromatic carbocycles. The van der Waals surface area contributed by atoms with Crippen molar-refractivity contribution >= 4 is 43.1 Å². The molecule has 0 fully saturated rings. The largest absolute Gasteiger partial charge is 0.492 e. The van der Waals surface area contributed by atoms with Crippen LogP contribution in [-0.4, -0.2) is 54.2 Å². The second-order valence-electron chi connectivity index (χ2n) is 8.48. The number of nitrogens with zero attached hydrogens (tertiary/aromatic N) is 1. The number of ether oxygens (including phenoxy) is 1. The maximum absolute atomic E-state index is 13.1. The quantitative estimate of drug-likeness (QED) is 0.176. The van der Waals surface area contributed by atoms with Crippen LogP contribution in [-0.2, 0) is 6.54 Å². The van der Waals surface area contributed by atoms with Crippen molar-refractivity contribution in [2.24, 2.45) is 0 Å². The molecule has 4 rings (SSSR count). The van der Waals surface area contributed by atoms with Crippen LogP contribution in [0.3, 0.4) is 0 Å². The molecule has 7 heteroatoms. The van der Waals surface area contributed by atoms with E-state index in [-0.39, 0.29) is 18.6 Å². The van der Waals surface area contributed by atoms with Crippen molar-refractivity contribution < 1.29 is 19.4 Å². The summed E-state index contributed by atoms with van der Waals surface area (Å²) in [5.74, 6) is 0.651. The Balaban J connectivity index is 1.53. The van der Waals surface area contributed by atoms with E-state index in [4.69, 9.17) is 16.3 Å². The summed E-state index contributed by atoms with van der Waals surface area (Å²) in [5, 5.41) is 21.0. The van der Waals surface area contributed by atoms with Crippen LogP contribution in [0.15, 0.2) is 71.5 Å². The van der Waals surface area contributed by atoms with E-state index in [0.717, 1.165) is 28.9 Å². The Labute approximate surface area is 208 Å². The predicted molar refractivity (Wildman–Crippen MR) is 140 cm³/mol. The van der Waals surface area contributed by atoms with Crippen molar-refractivity contribution in [2.45, 2.75) is 13.0 Å². The van der Waals surface area contributed by atoms with E-state index in [1.54, 1.807) is 6.07 Å². The van der Waals surface area contributed by atoms with Gasteiger partial charge in [0.15, 0.2) is 5.43 Å². The Morgan fingerprint density at radius 1 is 0.882 bits per heavy atom. The van der Waals surface area contributed by atoms with Gasteiger partial charge in [0, 0.05) is 22.1 Å². The van der Waals surface area contributed by atoms with Crippen molar-refractivity contribution in [3.8, 4) is 5.75 Å². The number of fused-ring (bicyclic) bond motifs is 2. The van der Waals surface area contributed by atoms with Crippen LogP contribution in [0.1, 0.15) is 12.0 Å². The zero-order valence-corrected chi connectivity index (χ0v) is 20.5. The Hall–Kier alpha value is -2.48. The molecule has 1 aromatic heterocycles. The molecule has 0 spiro atoms. The SMILES string of the molecule is O=c1c2ccccc2sc2c(OCCC[N+](CCO)(CCO)Cc3ccccc3)ccc(Cl)c12. The Bertz CT molecular complexity index is 1300. The van der Waals surface area contributed by atoms with Crippen molar-refractivity contribution in [1.82, 2.24) is 0 Å². The normalized spacial score (nSPS) is 11.9. The fourth-order valence-corrected chi connectivity index (χ4v) is 5.97. The number of hydrogen-bond donors (Lipinski definition) is 2. The standard InChI is InChI=1S/C27H29ClNO4S/c28-22-11-12-23(27-25(22)26(32)21-9-4-5-10-24(21)34-27)33-18-6-13-29(14-16-30,15-17-31)19-20-7-2-1-3-8-20/h1-5,7-12,30-31H,6,13-19H2/q+1. The minimum absolute atomic E-state index is 0.0521. The van der Waals surface area contributed by atoms with Crippen LogP contribution in [0.25, 0.3) is 20.2 Å². The molecule has 0 radical (unpaired) electrons. The van der Waals surface area contributed by atoms with E-state index in [9.17, 15) is 15.0 Å². The summed E-state index contributed by atoms with van der Waals surface area (Å²) in [6.45, 7) is 3.17. The Morgan fingerprint density at radius 3 is 2.32 bits per heavy atom. The Morgan fingerprint density at radius 2 is 1.59 bits per heavy atom. The molecule has 4 aromatic rings. The summed E-state index contributed by atoms with van der Waals surface area (Å²) < 4.78 is 8.40. The highest BCUT2D eigenvalue weighted by Crippen LogP contribution is 2.35. The van der Waals surface area contributed by atoms with Crippen molar-refractivity contribution in [3.63, 3.8) is 0 Å². The number of quaternary nitrogens is 1. The zero-order chi connectivity index (χ0) is 24.0. The topological polar surface area (TPSA) is 66.8 Å². The molecule has 0 amide bonds. The van der Waals surface area contributed by atoms with E-state index in [1.807, 2.05) is 48.5 Å². The molecule has 0 saturated heterocycles. The van der Waals surface area contributed by atoms with Crippen molar-refractivity contribution in [1.29, 1.82) is 0 Å².